The topological polar surface area (TPSA) is 102 Å². The third kappa shape index (κ3) is 10.9. The minimum atomic E-state index is -0.202. The lowest BCUT2D eigenvalue weighted by Gasteiger charge is -2.09. The number of rotatable bonds is 8. The Hall–Kier alpha value is -2.07. The molecule has 0 saturated carbocycles. The zero-order valence-electron chi connectivity index (χ0n) is 17.0. The van der Waals surface area contributed by atoms with E-state index in [-0.39, 0.29) is 49.7 Å². The Labute approximate surface area is 178 Å². The first kappa shape index (κ1) is 28.1. The number of hydrogen-bond donors (Lipinski definition) is 2. The van der Waals surface area contributed by atoms with Crippen LogP contribution in [0.15, 0.2) is 28.4 Å². The van der Waals surface area contributed by atoms with Crippen LogP contribution in [0, 0.1) is 0 Å². The van der Waals surface area contributed by atoms with E-state index in [0.29, 0.717) is 22.8 Å². The zero-order chi connectivity index (χ0) is 19.7. The fourth-order valence-corrected chi connectivity index (χ4v) is 1.89. The molecule has 2 amide bonds. The highest BCUT2D eigenvalue weighted by Gasteiger charge is 2.07. The van der Waals surface area contributed by atoms with Crippen molar-refractivity contribution in [1.82, 2.24) is 25.6 Å². The van der Waals surface area contributed by atoms with Gasteiger partial charge in [-0.15, -0.1) is 24.8 Å². The molecule has 1 heterocycles. The van der Waals surface area contributed by atoms with E-state index in [1.54, 1.807) is 64.0 Å². The van der Waals surface area contributed by atoms with Crippen LogP contribution in [0.3, 0.4) is 0 Å². The van der Waals surface area contributed by atoms with Crippen molar-refractivity contribution in [3.05, 3.63) is 29.6 Å². The third-order valence-electron chi connectivity index (χ3n) is 3.11. The number of hydrogen-bond acceptors (Lipinski definition) is 7. The molecule has 0 aliphatic heterocycles. The number of nitrogens with one attached hydrogen (secondary N) is 2. The molecule has 2 N–H and O–H groups in total. The van der Waals surface area contributed by atoms with Crippen LogP contribution in [-0.4, -0.2) is 79.3 Å². The highest BCUT2D eigenvalue weighted by molar-refractivity contribution is 6.01. The minimum absolute atomic E-state index is 0. The SMILES string of the molecule is CC(=NNC(=O)CN(C)C)c1cccc(C(C)=NNC(=O)CN(C)C)n1.Cl.Cl. The van der Waals surface area contributed by atoms with Crippen molar-refractivity contribution < 1.29 is 9.59 Å². The van der Waals surface area contributed by atoms with Crippen LogP contribution in [0.25, 0.3) is 0 Å². The van der Waals surface area contributed by atoms with Crippen molar-refractivity contribution in [2.24, 2.45) is 10.2 Å². The van der Waals surface area contributed by atoms with Crippen molar-refractivity contribution in [3.63, 3.8) is 0 Å². The van der Waals surface area contributed by atoms with Gasteiger partial charge in [0.1, 0.15) is 0 Å². The summed E-state index contributed by atoms with van der Waals surface area (Å²) in [6, 6.07) is 5.40. The second-order valence-corrected chi connectivity index (χ2v) is 6.35. The molecular weight excluding hydrogens is 405 g/mol. The van der Waals surface area contributed by atoms with Gasteiger partial charge in [0.2, 0.25) is 0 Å². The molecule has 0 saturated heterocycles. The van der Waals surface area contributed by atoms with Crippen LogP contribution in [0.1, 0.15) is 25.2 Å². The number of nitrogens with zero attached hydrogens (tertiary/aromatic N) is 5. The molecule has 0 fully saturated rings. The summed E-state index contributed by atoms with van der Waals surface area (Å²) >= 11 is 0. The molecule has 9 nitrogen and oxygen atoms in total. The van der Waals surface area contributed by atoms with Crippen molar-refractivity contribution in [3.8, 4) is 0 Å². The van der Waals surface area contributed by atoms with E-state index < -0.39 is 0 Å². The fraction of sp³-hybridized carbons (Fsp3) is 0.471. The second kappa shape index (κ2) is 14.0. The molecule has 0 radical (unpaired) electrons. The summed E-state index contributed by atoms with van der Waals surface area (Å²) in [4.78, 5) is 31.3. The monoisotopic (exact) mass is 433 g/mol. The van der Waals surface area contributed by atoms with Gasteiger partial charge in [-0.2, -0.15) is 10.2 Å². The molecule has 0 bridgehead atoms. The molecule has 0 atom stereocenters. The third-order valence-corrected chi connectivity index (χ3v) is 3.11. The van der Waals surface area contributed by atoms with Gasteiger partial charge in [-0.3, -0.25) is 9.59 Å². The molecular formula is C17H29Cl2N7O2. The molecule has 28 heavy (non-hydrogen) atoms. The van der Waals surface area contributed by atoms with Crippen LogP contribution in [0.5, 0.6) is 0 Å². The molecule has 0 spiro atoms. The molecule has 11 heteroatoms. The van der Waals surface area contributed by atoms with Crippen LogP contribution < -0.4 is 10.9 Å². The van der Waals surface area contributed by atoms with Crippen molar-refractivity contribution in [2.75, 3.05) is 41.3 Å². The summed E-state index contributed by atoms with van der Waals surface area (Å²) in [6.45, 7) is 4.02. The average Bonchev–Trinajstić information content (AvgIpc) is 2.56. The quantitative estimate of drug-likeness (QED) is 0.464. The Balaban J connectivity index is 0. The van der Waals surface area contributed by atoms with Gasteiger partial charge in [0, 0.05) is 0 Å². The second-order valence-electron chi connectivity index (χ2n) is 6.35. The number of aromatic nitrogens is 1. The number of halogens is 2. The molecule has 0 aliphatic carbocycles. The number of carbonyl (C=O) groups excluding carboxylic acids is 2. The summed E-state index contributed by atoms with van der Waals surface area (Å²) in [6.07, 6.45) is 0. The fourth-order valence-electron chi connectivity index (χ4n) is 1.89. The first-order valence-electron chi connectivity index (χ1n) is 8.12. The molecule has 0 aromatic carbocycles. The molecule has 1 rings (SSSR count). The zero-order valence-corrected chi connectivity index (χ0v) is 18.6. The number of hydrazone groups is 2. The van der Waals surface area contributed by atoms with E-state index >= 15 is 0 Å². The maximum atomic E-state index is 11.6. The largest absolute Gasteiger partial charge is 0.301 e. The number of pyridine rings is 1. The average molecular weight is 434 g/mol. The first-order chi connectivity index (χ1) is 12.2. The van der Waals surface area contributed by atoms with Crippen LogP contribution in [-0.2, 0) is 9.59 Å². The summed E-state index contributed by atoms with van der Waals surface area (Å²) < 4.78 is 0. The Morgan fingerprint density at radius 2 is 1.21 bits per heavy atom. The summed E-state index contributed by atoms with van der Waals surface area (Å²) in [5.74, 6) is -0.404. The van der Waals surface area contributed by atoms with Crippen LogP contribution >= 0.6 is 24.8 Å². The van der Waals surface area contributed by atoms with E-state index in [0.717, 1.165) is 0 Å². The Morgan fingerprint density at radius 3 is 1.54 bits per heavy atom. The van der Waals surface area contributed by atoms with E-state index in [9.17, 15) is 9.59 Å². The van der Waals surface area contributed by atoms with Gasteiger partial charge in [-0.25, -0.2) is 15.8 Å². The smallest absolute Gasteiger partial charge is 0.254 e. The first-order valence-corrected chi connectivity index (χ1v) is 8.12. The lowest BCUT2D eigenvalue weighted by molar-refractivity contribution is -0.122. The predicted molar refractivity (Wildman–Crippen MR) is 117 cm³/mol. The Kier molecular flexibility index (Phi) is 14.1. The lowest BCUT2D eigenvalue weighted by atomic mass is 10.2. The van der Waals surface area contributed by atoms with Crippen LogP contribution in [0.2, 0.25) is 0 Å². The minimum Gasteiger partial charge on any atom is -0.301 e. The van der Waals surface area contributed by atoms with Gasteiger partial charge >= 0.3 is 0 Å². The Morgan fingerprint density at radius 1 is 0.857 bits per heavy atom. The molecule has 0 aliphatic rings. The molecule has 1 aromatic rings. The normalized spacial score (nSPS) is 11.6. The number of carbonyl (C=O) groups is 2. The van der Waals surface area contributed by atoms with Gasteiger partial charge < -0.3 is 9.80 Å². The van der Waals surface area contributed by atoms with E-state index in [1.807, 2.05) is 6.07 Å². The Bertz CT molecular complexity index is 651. The van der Waals surface area contributed by atoms with Gasteiger partial charge in [0.05, 0.1) is 35.9 Å². The standard InChI is InChI=1S/C17H27N7O2.2ClH/c1-12(19-21-16(25)10-23(3)4)14-8-7-9-15(18-14)13(2)20-22-17(26)11-24(5)6;;/h7-9H,10-11H2,1-6H3,(H,21,25)(H,22,26);2*1H. The van der Waals surface area contributed by atoms with Crippen molar-refractivity contribution in [2.45, 2.75) is 13.8 Å². The van der Waals surface area contributed by atoms with E-state index in [4.69, 9.17) is 0 Å². The molecule has 0 unspecified atom stereocenters. The molecule has 1 aromatic heterocycles. The van der Waals surface area contributed by atoms with Crippen molar-refractivity contribution in [1.29, 1.82) is 0 Å². The van der Waals surface area contributed by atoms with Gasteiger partial charge in [-0.1, -0.05) is 6.07 Å². The maximum Gasteiger partial charge on any atom is 0.254 e. The van der Waals surface area contributed by atoms with Crippen LogP contribution in [0.4, 0.5) is 0 Å². The highest BCUT2D eigenvalue weighted by Crippen LogP contribution is 2.03. The predicted octanol–water partition coefficient (Wildman–Crippen LogP) is 0.729. The maximum absolute atomic E-state index is 11.6. The number of amides is 2. The van der Waals surface area contributed by atoms with Gasteiger partial charge in [0.15, 0.2) is 0 Å². The summed E-state index contributed by atoms with van der Waals surface area (Å²) in [5, 5.41) is 8.14. The highest BCUT2D eigenvalue weighted by atomic mass is 35.5. The summed E-state index contributed by atoms with van der Waals surface area (Å²) in [5.41, 5.74) is 7.36. The van der Waals surface area contributed by atoms with E-state index in [2.05, 4.69) is 26.0 Å². The molecule has 158 valence electrons. The number of likely N-dealkylation sites (N-methyl/N-ethyl adjacent to an activating group) is 2. The van der Waals surface area contributed by atoms with Gasteiger partial charge in [-0.05, 0) is 54.2 Å². The lowest BCUT2D eigenvalue weighted by Crippen LogP contribution is -2.31. The van der Waals surface area contributed by atoms with Crippen molar-refractivity contribution >= 4 is 48.1 Å². The summed E-state index contributed by atoms with van der Waals surface area (Å²) in [7, 11) is 7.22. The van der Waals surface area contributed by atoms with Gasteiger partial charge in [0.25, 0.3) is 11.8 Å². The van der Waals surface area contributed by atoms with E-state index in [1.165, 1.54) is 0 Å².